The molecule has 7 nitrogen and oxygen atoms in total. The van der Waals surface area contributed by atoms with Crippen molar-refractivity contribution in [2.24, 2.45) is 0 Å². The van der Waals surface area contributed by atoms with Gasteiger partial charge in [0.2, 0.25) is 0 Å². The molecule has 0 aliphatic carbocycles. The fraction of sp³-hybridized carbons (Fsp3) is 0.714. The van der Waals surface area contributed by atoms with E-state index in [9.17, 15) is 9.59 Å². The molecule has 0 spiro atoms. The van der Waals surface area contributed by atoms with E-state index in [-0.39, 0.29) is 12.7 Å². The molecule has 3 N–H and O–H groups in total. The average molecular weight is 306 g/mol. The number of hydrogen-bond donors (Lipinski definition) is 3. The van der Waals surface area contributed by atoms with Crippen LogP contribution >= 0.6 is 0 Å². The molecular weight excluding hydrogens is 280 g/mol. The second-order valence-electron chi connectivity index (χ2n) is 4.37. The maximum atomic E-state index is 10.6. The Bertz CT molecular complexity index is 300. The number of carboxylic acids is 1. The molecule has 0 aliphatic rings. The highest BCUT2D eigenvalue weighted by Gasteiger charge is 2.00. The number of aliphatic carboxylic acids is 1. The Kier molecular flexibility index (Phi) is 15.6. The zero-order valence-corrected chi connectivity index (χ0v) is 12.8. The smallest absolute Gasteiger partial charge is 0.331 e. The standard InChI is InChI=1S/C8H12O4.C6H14O3/c1-2-3-6-12-8(11)5-4-7(9)10;1-5(8)4-9-6(2)3-7/h4-5H,2-3,6H2,1H3,(H,9,10);5-8H,3-4H2,1-2H3/b5-4-;. The Labute approximate surface area is 125 Å². The summed E-state index contributed by atoms with van der Waals surface area (Å²) in [6, 6.07) is 0. The van der Waals surface area contributed by atoms with Crippen molar-refractivity contribution in [3.63, 3.8) is 0 Å². The van der Waals surface area contributed by atoms with Gasteiger partial charge in [0.05, 0.1) is 32.0 Å². The highest BCUT2D eigenvalue weighted by Crippen LogP contribution is 1.90. The summed E-state index contributed by atoms with van der Waals surface area (Å²) in [5.74, 6) is -1.76. The average Bonchev–Trinajstić information content (AvgIpc) is 2.43. The molecule has 0 saturated carbocycles. The van der Waals surface area contributed by atoms with Crippen LogP contribution in [-0.4, -0.2) is 59.3 Å². The van der Waals surface area contributed by atoms with Crippen molar-refractivity contribution >= 4 is 11.9 Å². The number of carbonyl (C=O) groups excluding carboxylic acids is 1. The quantitative estimate of drug-likeness (QED) is 0.327. The van der Waals surface area contributed by atoms with Crippen molar-refractivity contribution in [2.45, 2.75) is 45.8 Å². The van der Waals surface area contributed by atoms with Crippen molar-refractivity contribution in [1.29, 1.82) is 0 Å². The number of rotatable bonds is 9. The number of aliphatic hydroxyl groups excluding tert-OH is 2. The van der Waals surface area contributed by atoms with E-state index >= 15 is 0 Å². The summed E-state index contributed by atoms with van der Waals surface area (Å²) in [4.78, 5) is 20.6. The van der Waals surface area contributed by atoms with E-state index in [1.54, 1.807) is 13.8 Å². The molecule has 0 amide bonds. The monoisotopic (exact) mass is 306 g/mol. The minimum Gasteiger partial charge on any atom is -0.478 e. The maximum Gasteiger partial charge on any atom is 0.331 e. The number of carboxylic acid groups (broad SMARTS) is 1. The first-order chi connectivity index (χ1) is 9.83. The molecule has 0 saturated heterocycles. The molecule has 0 heterocycles. The van der Waals surface area contributed by atoms with E-state index in [0.717, 1.165) is 25.0 Å². The van der Waals surface area contributed by atoms with E-state index in [4.69, 9.17) is 20.1 Å². The lowest BCUT2D eigenvalue weighted by Gasteiger charge is -2.10. The van der Waals surface area contributed by atoms with Crippen LogP contribution in [0.5, 0.6) is 0 Å². The first kappa shape index (κ1) is 21.9. The molecule has 0 bridgehead atoms. The van der Waals surface area contributed by atoms with Crippen molar-refractivity contribution < 1.29 is 34.4 Å². The van der Waals surface area contributed by atoms with Crippen LogP contribution in [0.1, 0.15) is 33.6 Å². The lowest BCUT2D eigenvalue weighted by atomic mass is 10.4. The van der Waals surface area contributed by atoms with Gasteiger partial charge in [0, 0.05) is 12.2 Å². The molecule has 0 aromatic carbocycles. The summed E-state index contributed by atoms with van der Waals surface area (Å²) in [6.07, 6.45) is 2.79. The minimum atomic E-state index is -1.15. The first-order valence-electron chi connectivity index (χ1n) is 6.81. The van der Waals surface area contributed by atoms with E-state index in [0.29, 0.717) is 13.2 Å². The number of ether oxygens (including phenoxy) is 2. The Hall–Kier alpha value is -1.44. The van der Waals surface area contributed by atoms with Gasteiger partial charge < -0.3 is 24.8 Å². The SMILES string of the molecule is CC(O)COC(C)CO.CCCCOC(=O)/C=C\C(=O)O. The Balaban J connectivity index is 0. The number of esters is 1. The molecule has 0 aromatic heterocycles. The molecule has 2 atom stereocenters. The third-order valence-corrected chi connectivity index (χ3v) is 1.98. The summed E-state index contributed by atoms with van der Waals surface area (Å²) in [6.45, 7) is 6.02. The minimum absolute atomic E-state index is 0.00667. The van der Waals surface area contributed by atoms with Crippen molar-refractivity contribution in [1.82, 2.24) is 0 Å². The third kappa shape index (κ3) is 21.0. The van der Waals surface area contributed by atoms with Crippen LogP contribution in [0.15, 0.2) is 12.2 Å². The summed E-state index contributed by atoms with van der Waals surface area (Å²) >= 11 is 0. The van der Waals surface area contributed by atoms with Gasteiger partial charge in [-0.05, 0) is 20.3 Å². The van der Waals surface area contributed by atoms with Crippen molar-refractivity contribution in [3.8, 4) is 0 Å². The summed E-state index contributed by atoms with van der Waals surface area (Å²) < 4.78 is 9.60. The Morgan fingerprint density at radius 3 is 2.29 bits per heavy atom. The van der Waals surface area contributed by atoms with Gasteiger partial charge >= 0.3 is 11.9 Å². The lowest BCUT2D eigenvalue weighted by Crippen LogP contribution is -2.19. The molecule has 0 rings (SSSR count). The van der Waals surface area contributed by atoms with Crippen LogP contribution in [0, 0.1) is 0 Å². The molecule has 2 unspecified atom stereocenters. The number of aliphatic hydroxyl groups is 2. The van der Waals surface area contributed by atoms with Gasteiger partial charge in [0.1, 0.15) is 0 Å². The molecule has 7 heteroatoms. The zero-order chi connectivity index (χ0) is 16.7. The van der Waals surface area contributed by atoms with Crippen molar-refractivity contribution in [3.05, 3.63) is 12.2 Å². The van der Waals surface area contributed by atoms with Gasteiger partial charge in [-0.1, -0.05) is 13.3 Å². The molecule has 0 aliphatic heterocycles. The fourth-order valence-electron chi connectivity index (χ4n) is 0.861. The van der Waals surface area contributed by atoms with E-state index in [2.05, 4.69) is 4.74 Å². The molecule has 0 fully saturated rings. The van der Waals surface area contributed by atoms with E-state index < -0.39 is 18.0 Å². The zero-order valence-electron chi connectivity index (χ0n) is 12.8. The van der Waals surface area contributed by atoms with Gasteiger partial charge in [-0.3, -0.25) is 0 Å². The Morgan fingerprint density at radius 2 is 1.86 bits per heavy atom. The largest absolute Gasteiger partial charge is 0.478 e. The summed E-state index contributed by atoms with van der Waals surface area (Å²) in [7, 11) is 0. The second-order valence-corrected chi connectivity index (χ2v) is 4.37. The number of carbonyl (C=O) groups is 2. The second kappa shape index (κ2) is 15.0. The van der Waals surface area contributed by atoms with E-state index in [1.807, 2.05) is 6.92 Å². The number of unbranched alkanes of at least 4 members (excludes halogenated alkanes) is 1. The van der Waals surface area contributed by atoms with Gasteiger partial charge in [-0.25, -0.2) is 9.59 Å². The van der Waals surface area contributed by atoms with Crippen LogP contribution in [0.3, 0.4) is 0 Å². The normalized spacial score (nSPS) is 13.2. The van der Waals surface area contributed by atoms with Crippen LogP contribution in [0.25, 0.3) is 0 Å². The maximum absolute atomic E-state index is 10.6. The van der Waals surface area contributed by atoms with Crippen molar-refractivity contribution in [2.75, 3.05) is 19.8 Å². The predicted molar refractivity (Wildman–Crippen MR) is 76.8 cm³/mol. The van der Waals surface area contributed by atoms with Gasteiger partial charge in [0.15, 0.2) is 0 Å². The highest BCUT2D eigenvalue weighted by atomic mass is 16.5. The van der Waals surface area contributed by atoms with Crippen LogP contribution in [0.4, 0.5) is 0 Å². The first-order valence-corrected chi connectivity index (χ1v) is 6.81. The Morgan fingerprint density at radius 1 is 1.24 bits per heavy atom. The highest BCUT2D eigenvalue weighted by molar-refractivity contribution is 5.90. The molecule has 21 heavy (non-hydrogen) atoms. The topological polar surface area (TPSA) is 113 Å². The van der Waals surface area contributed by atoms with Gasteiger partial charge in [-0.2, -0.15) is 0 Å². The fourth-order valence-corrected chi connectivity index (χ4v) is 0.861. The predicted octanol–water partition coefficient (Wildman–Crippen LogP) is 0.735. The van der Waals surface area contributed by atoms with Crippen LogP contribution in [-0.2, 0) is 19.1 Å². The van der Waals surface area contributed by atoms with Gasteiger partial charge in [0.25, 0.3) is 0 Å². The third-order valence-electron chi connectivity index (χ3n) is 1.98. The molecule has 0 aromatic rings. The number of hydrogen-bond acceptors (Lipinski definition) is 6. The molecular formula is C14H26O7. The summed E-state index contributed by atoms with van der Waals surface area (Å²) in [5.41, 5.74) is 0. The van der Waals surface area contributed by atoms with Crippen LogP contribution < -0.4 is 0 Å². The lowest BCUT2D eigenvalue weighted by molar-refractivity contribution is -0.138. The molecule has 0 radical (unpaired) electrons. The van der Waals surface area contributed by atoms with Gasteiger partial charge in [-0.15, -0.1) is 0 Å². The molecule has 124 valence electrons. The van der Waals surface area contributed by atoms with E-state index in [1.165, 1.54) is 0 Å². The van der Waals surface area contributed by atoms with Crippen LogP contribution in [0.2, 0.25) is 0 Å². The summed E-state index contributed by atoms with van der Waals surface area (Å²) in [5, 5.41) is 25.3.